The average molecular weight is 487 g/mol. The minimum Gasteiger partial charge on any atom is -0.135 e. The van der Waals surface area contributed by atoms with Gasteiger partial charge >= 0.3 is 0 Å². The largest absolute Gasteiger partial charge is 0.135 e. The van der Waals surface area contributed by atoms with E-state index < -0.39 is 0 Å². The van der Waals surface area contributed by atoms with Crippen molar-refractivity contribution in [3.8, 4) is 22.3 Å². The molecule has 0 nitrogen and oxygen atoms in total. The van der Waals surface area contributed by atoms with Gasteiger partial charge in [-0.05, 0) is 84.9 Å². The summed E-state index contributed by atoms with van der Waals surface area (Å²) >= 11 is 1.87. The van der Waals surface area contributed by atoms with Crippen LogP contribution in [0.2, 0.25) is 0 Å². The van der Waals surface area contributed by atoms with Gasteiger partial charge in [0.1, 0.15) is 0 Å². The zero-order valence-corrected chi connectivity index (χ0v) is 20.9. The lowest BCUT2D eigenvalue weighted by Crippen LogP contribution is -1.89. The van der Waals surface area contributed by atoms with E-state index in [1.165, 1.54) is 74.7 Å². The predicted molar refractivity (Wildman–Crippen MR) is 163 cm³/mol. The van der Waals surface area contributed by atoms with E-state index in [0.29, 0.717) is 0 Å². The lowest BCUT2D eigenvalue weighted by molar-refractivity contribution is 1.66. The van der Waals surface area contributed by atoms with E-state index in [2.05, 4.69) is 133 Å². The second-order valence-corrected chi connectivity index (χ2v) is 10.8. The van der Waals surface area contributed by atoms with Crippen molar-refractivity contribution < 1.29 is 0 Å². The van der Waals surface area contributed by atoms with E-state index in [4.69, 9.17) is 0 Å². The van der Waals surface area contributed by atoms with Crippen LogP contribution in [0.3, 0.4) is 0 Å². The first-order valence-electron chi connectivity index (χ1n) is 12.7. The molecule has 1 heterocycles. The summed E-state index contributed by atoms with van der Waals surface area (Å²) in [6.07, 6.45) is 0. The van der Waals surface area contributed by atoms with E-state index in [0.717, 1.165) is 0 Å². The van der Waals surface area contributed by atoms with Crippen molar-refractivity contribution >= 4 is 63.8 Å². The Bertz CT molecular complexity index is 2130. The third kappa shape index (κ3) is 3.15. The fourth-order valence-electron chi connectivity index (χ4n) is 5.97. The normalized spacial score (nSPS) is 11.8. The van der Waals surface area contributed by atoms with Crippen LogP contribution in [0, 0.1) is 0 Å². The maximum atomic E-state index is 2.41. The van der Waals surface area contributed by atoms with E-state index in [1.54, 1.807) is 0 Å². The summed E-state index contributed by atoms with van der Waals surface area (Å²) in [5, 5.41) is 10.5. The van der Waals surface area contributed by atoms with Crippen LogP contribution in [0.1, 0.15) is 0 Å². The fraction of sp³-hybridized carbons (Fsp3) is 0. The minimum atomic E-state index is 1.25. The van der Waals surface area contributed by atoms with Gasteiger partial charge < -0.3 is 0 Å². The quantitative estimate of drug-likeness (QED) is 0.213. The van der Waals surface area contributed by atoms with Crippen molar-refractivity contribution in [1.82, 2.24) is 0 Å². The monoisotopic (exact) mass is 486 g/mol. The summed E-state index contributed by atoms with van der Waals surface area (Å²) in [4.78, 5) is 0. The first-order valence-corrected chi connectivity index (χ1v) is 13.5. The Morgan fingerprint density at radius 1 is 0.351 bits per heavy atom. The molecule has 0 saturated carbocycles. The van der Waals surface area contributed by atoms with Crippen molar-refractivity contribution in [2.24, 2.45) is 0 Å². The molecule has 172 valence electrons. The van der Waals surface area contributed by atoms with Crippen molar-refractivity contribution in [2.75, 3.05) is 0 Å². The molecule has 0 bridgehead atoms. The Hall–Kier alpha value is -4.46. The van der Waals surface area contributed by atoms with Crippen LogP contribution in [0.25, 0.3) is 74.7 Å². The number of thiophene rings is 1. The van der Waals surface area contributed by atoms with Gasteiger partial charge in [-0.25, -0.2) is 0 Å². The Morgan fingerprint density at radius 2 is 0.892 bits per heavy atom. The van der Waals surface area contributed by atoms with Crippen molar-refractivity contribution in [1.29, 1.82) is 0 Å². The van der Waals surface area contributed by atoms with Gasteiger partial charge in [-0.2, -0.15) is 0 Å². The van der Waals surface area contributed by atoms with Gasteiger partial charge in [-0.15, -0.1) is 11.3 Å². The molecule has 0 aliphatic heterocycles. The molecule has 37 heavy (non-hydrogen) atoms. The molecule has 0 amide bonds. The van der Waals surface area contributed by atoms with Gasteiger partial charge in [0, 0.05) is 20.2 Å². The Balaban J connectivity index is 1.49. The molecule has 0 aliphatic rings. The highest BCUT2D eigenvalue weighted by molar-refractivity contribution is 7.25. The van der Waals surface area contributed by atoms with Crippen molar-refractivity contribution in [3.05, 3.63) is 133 Å². The topological polar surface area (TPSA) is 0 Å². The van der Waals surface area contributed by atoms with Crippen LogP contribution in [0.5, 0.6) is 0 Å². The molecule has 0 fully saturated rings. The van der Waals surface area contributed by atoms with Crippen LogP contribution >= 0.6 is 11.3 Å². The molecule has 1 heteroatoms. The highest BCUT2D eigenvalue weighted by Crippen LogP contribution is 2.43. The van der Waals surface area contributed by atoms with Crippen LogP contribution in [0.4, 0.5) is 0 Å². The number of rotatable bonds is 2. The molecule has 8 aromatic rings. The number of hydrogen-bond acceptors (Lipinski definition) is 1. The summed E-state index contributed by atoms with van der Waals surface area (Å²) in [7, 11) is 0. The van der Waals surface area contributed by atoms with Gasteiger partial charge in [0.05, 0.1) is 0 Å². The second kappa shape index (κ2) is 8.03. The maximum absolute atomic E-state index is 2.41. The molecule has 0 N–H and O–H groups in total. The minimum absolute atomic E-state index is 1.25. The summed E-state index contributed by atoms with van der Waals surface area (Å²) in [5.74, 6) is 0. The summed E-state index contributed by atoms with van der Waals surface area (Å²) in [5.41, 5.74) is 5.09. The highest BCUT2D eigenvalue weighted by atomic mass is 32.1. The van der Waals surface area contributed by atoms with Crippen LogP contribution in [0.15, 0.2) is 133 Å². The van der Waals surface area contributed by atoms with E-state index in [1.807, 2.05) is 11.3 Å². The van der Waals surface area contributed by atoms with Crippen LogP contribution in [-0.4, -0.2) is 0 Å². The van der Waals surface area contributed by atoms with Crippen LogP contribution in [-0.2, 0) is 0 Å². The number of hydrogen-bond donors (Lipinski definition) is 0. The zero-order valence-electron chi connectivity index (χ0n) is 20.1. The first-order chi connectivity index (χ1) is 18.3. The third-order valence-electron chi connectivity index (χ3n) is 7.63. The second-order valence-electron chi connectivity index (χ2n) is 9.71. The average Bonchev–Trinajstić information content (AvgIpc) is 3.34. The molecule has 0 unspecified atom stereocenters. The number of benzene rings is 7. The van der Waals surface area contributed by atoms with Gasteiger partial charge in [-0.3, -0.25) is 0 Å². The van der Waals surface area contributed by atoms with E-state index in [-0.39, 0.29) is 0 Å². The Kier molecular flexibility index (Phi) is 4.49. The lowest BCUT2D eigenvalue weighted by Gasteiger charge is -2.16. The standard InChI is InChI=1S/C36H22S/c1-2-10-23(11-3-1)31-21-25-22-32(24-18-19-35-33(20-24)28-14-8-9-17-34(28)37-35)27-13-5-7-16-30(27)36(25)29-15-6-4-12-26(29)31/h1-22H. The smallest absolute Gasteiger partial charge is 0.0355 e. The predicted octanol–water partition coefficient (Wildman–Crippen LogP) is 10.8. The summed E-state index contributed by atoms with van der Waals surface area (Å²) < 4.78 is 2.68. The molecular formula is C36H22S. The molecule has 0 spiro atoms. The van der Waals surface area contributed by atoms with Crippen LogP contribution < -0.4 is 0 Å². The molecule has 8 rings (SSSR count). The fourth-order valence-corrected chi connectivity index (χ4v) is 7.06. The molecule has 0 aliphatic carbocycles. The van der Waals surface area contributed by atoms with E-state index >= 15 is 0 Å². The SMILES string of the molecule is c1ccc(-c2cc3cc(-c4ccc5sc6ccccc6c5c4)c4ccccc4c3c3ccccc23)cc1. The molecule has 0 atom stereocenters. The molecule has 1 aromatic heterocycles. The van der Waals surface area contributed by atoms with Gasteiger partial charge in [0.25, 0.3) is 0 Å². The molecule has 0 radical (unpaired) electrons. The first kappa shape index (κ1) is 20.7. The van der Waals surface area contributed by atoms with Gasteiger partial charge in [0.2, 0.25) is 0 Å². The maximum Gasteiger partial charge on any atom is 0.0355 e. The lowest BCUT2D eigenvalue weighted by atomic mass is 9.87. The van der Waals surface area contributed by atoms with E-state index in [9.17, 15) is 0 Å². The number of fused-ring (bicyclic) bond motifs is 8. The molecule has 7 aromatic carbocycles. The summed E-state index contributed by atoms with van der Waals surface area (Å²) in [6.45, 7) is 0. The summed E-state index contributed by atoms with van der Waals surface area (Å²) in [6, 6.07) is 49.0. The molecular weight excluding hydrogens is 464 g/mol. The van der Waals surface area contributed by atoms with Crippen molar-refractivity contribution in [2.45, 2.75) is 0 Å². The molecule has 0 saturated heterocycles. The zero-order chi connectivity index (χ0) is 24.3. The third-order valence-corrected chi connectivity index (χ3v) is 8.79. The van der Waals surface area contributed by atoms with Gasteiger partial charge in [-0.1, -0.05) is 103 Å². The van der Waals surface area contributed by atoms with Gasteiger partial charge in [0.15, 0.2) is 0 Å². The highest BCUT2D eigenvalue weighted by Gasteiger charge is 2.15. The Labute approximate surface area is 219 Å². The van der Waals surface area contributed by atoms with Crippen molar-refractivity contribution in [3.63, 3.8) is 0 Å². The Morgan fingerprint density at radius 3 is 1.59 bits per heavy atom.